The first-order valence-corrected chi connectivity index (χ1v) is 8.81. The van der Waals surface area contributed by atoms with Gasteiger partial charge in [0.1, 0.15) is 0 Å². The van der Waals surface area contributed by atoms with Gasteiger partial charge in [0.2, 0.25) is 0 Å². The highest BCUT2D eigenvalue weighted by atomic mass is 16.6. The average molecular weight is 390 g/mol. The topological polar surface area (TPSA) is 98.5 Å². The lowest BCUT2D eigenvalue weighted by atomic mass is 10.0. The summed E-state index contributed by atoms with van der Waals surface area (Å²) in [5.41, 5.74) is 3.13. The number of rotatable bonds is 6. The number of hydrogen-bond donors (Lipinski definition) is 1. The molecule has 0 heterocycles. The Morgan fingerprint density at radius 1 is 0.966 bits per heavy atom. The van der Waals surface area contributed by atoms with Crippen molar-refractivity contribution < 1.29 is 19.2 Å². The van der Waals surface area contributed by atoms with Crippen molar-refractivity contribution >= 4 is 23.3 Å². The van der Waals surface area contributed by atoms with Crippen molar-refractivity contribution in [3.63, 3.8) is 0 Å². The fourth-order valence-corrected chi connectivity index (χ4v) is 2.69. The van der Waals surface area contributed by atoms with E-state index in [4.69, 9.17) is 4.74 Å². The molecule has 1 amide bonds. The number of nitrogens with zero attached hydrogens (tertiary/aromatic N) is 1. The second-order valence-corrected chi connectivity index (χ2v) is 6.32. The van der Waals surface area contributed by atoms with Gasteiger partial charge < -0.3 is 10.1 Å². The van der Waals surface area contributed by atoms with Crippen LogP contribution < -0.4 is 5.32 Å². The summed E-state index contributed by atoms with van der Waals surface area (Å²) in [5, 5.41) is 13.4. The van der Waals surface area contributed by atoms with E-state index >= 15 is 0 Å². The number of esters is 1. The van der Waals surface area contributed by atoms with Crippen LogP contribution in [0.3, 0.4) is 0 Å². The van der Waals surface area contributed by atoms with Gasteiger partial charge in [0.15, 0.2) is 6.61 Å². The molecule has 0 aliphatic carbocycles. The van der Waals surface area contributed by atoms with Gasteiger partial charge in [0.25, 0.3) is 11.6 Å². The Balaban J connectivity index is 1.58. The summed E-state index contributed by atoms with van der Waals surface area (Å²) < 4.78 is 5.04. The first kappa shape index (κ1) is 19.8. The molecule has 3 rings (SSSR count). The Kier molecular flexibility index (Phi) is 5.99. The number of anilines is 1. The molecular formula is C22H18N2O5. The third kappa shape index (κ3) is 5.04. The Hall–Kier alpha value is -4.00. The van der Waals surface area contributed by atoms with Crippen LogP contribution in [0.1, 0.15) is 15.9 Å². The standard InChI is InChI=1S/C22H18N2O5/c1-15-7-12-19(24(27)28)13-20(15)23-21(25)14-29-22(26)18-10-8-17(9-11-18)16-5-3-2-4-6-16/h2-13H,14H2,1H3,(H,23,25). The highest BCUT2D eigenvalue weighted by molar-refractivity contribution is 5.96. The van der Waals surface area contributed by atoms with E-state index in [1.165, 1.54) is 18.2 Å². The first-order chi connectivity index (χ1) is 13.9. The SMILES string of the molecule is Cc1ccc([N+](=O)[O-])cc1NC(=O)COC(=O)c1ccc(-c2ccccc2)cc1. The zero-order valence-corrected chi connectivity index (χ0v) is 15.6. The molecule has 29 heavy (non-hydrogen) atoms. The van der Waals surface area contributed by atoms with E-state index in [1.807, 2.05) is 30.3 Å². The average Bonchev–Trinajstić information content (AvgIpc) is 2.74. The van der Waals surface area contributed by atoms with Crippen LogP contribution >= 0.6 is 0 Å². The van der Waals surface area contributed by atoms with E-state index in [-0.39, 0.29) is 5.69 Å². The maximum Gasteiger partial charge on any atom is 0.338 e. The van der Waals surface area contributed by atoms with Crippen LogP contribution in [-0.4, -0.2) is 23.4 Å². The molecule has 3 aromatic carbocycles. The summed E-state index contributed by atoms with van der Waals surface area (Å²) in [4.78, 5) is 34.5. The van der Waals surface area contributed by atoms with Gasteiger partial charge in [-0.1, -0.05) is 48.5 Å². The summed E-state index contributed by atoms with van der Waals surface area (Å²) in [6.07, 6.45) is 0. The molecule has 0 spiro atoms. The molecule has 0 radical (unpaired) electrons. The van der Waals surface area contributed by atoms with Crippen molar-refractivity contribution in [1.82, 2.24) is 0 Å². The van der Waals surface area contributed by atoms with Crippen molar-refractivity contribution in [3.05, 3.63) is 94.0 Å². The summed E-state index contributed by atoms with van der Waals surface area (Å²) in [7, 11) is 0. The Morgan fingerprint density at radius 3 is 2.28 bits per heavy atom. The number of ether oxygens (including phenoxy) is 1. The molecule has 0 bridgehead atoms. The number of nitro benzene ring substituents is 1. The van der Waals surface area contributed by atoms with Gasteiger partial charge in [-0.25, -0.2) is 4.79 Å². The van der Waals surface area contributed by atoms with Gasteiger partial charge in [-0.15, -0.1) is 0 Å². The highest BCUT2D eigenvalue weighted by Gasteiger charge is 2.14. The monoisotopic (exact) mass is 390 g/mol. The Bertz CT molecular complexity index is 1050. The fraction of sp³-hybridized carbons (Fsp3) is 0.0909. The molecule has 0 atom stereocenters. The molecule has 0 unspecified atom stereocenters. The number of benzene rings is 3. The Labute approximate surface area is 167 Å². The molecule has 0 aliphatic heterocycles. The first-order valence-electron chi connectivity index (χ1n) is 8.81. The van der Waals surface area contributed by atoms with E-state index in [0.29, 0.717) is 16.8 Å². The van der Waals surface area contributed by atoms with E-state index in [2.05, 4.69) is 5.32 Å². The van der Waals surface area contributed by atoms with Gasteiger partial charge in [0.05, 0.1) is 16.2 Å². The molecule has 7 nitrogen and oxygen atoms in total. The van der Waals surface area contributed by atoms with Crippen LogP contribution in [-0.2, 0) is 9.53 Å². The van der Waals surface area contributed by atoms with Crippen LogP contribution in [0.4, 0.5) is 11.4 Å². The molecule has 7 heteroatoms. The number of nitrogens with one attached hydrogen (secondary N) is 1. The van der Waals surface area contributed by atoms with Gasteiger partial charge >= 0.3 is 5.97 Å². The lowest BCUT2D eigenvalue weighted by Crippen LogP contribution is -2.21. The Morgan fingerprint density at radius 2 is 1.62 bits per heavy atom. The molecule has 3 aromatic rings. The molecule has 0 fully saturated rings. The fourth-order valence-electron chi connectivity index (χ4n) is 2.69. The summed E-state index contributed by atoms with van der Waals surface area (Å²) in [6.45, 7) is 1.21. The lowest BCUT2D eigenvalue weighted by Gasteiger charge is -2.09. The summed E-state index contributed by atoms with van der Waals surface area (Å²) >= 11 is 0. The largest absolute Gasteiger partial charge is 0.452 e. The summed E-state index contributed by atoms with van der Waals surface area (Å²) in [5.74, 6) is -1.21. The maximum atomic E-state index is 12.2. The third-order valence-electron chi connectivity index (χ3n) is 4.27. The van der Waals surface area contributed by atoms with Crippen LogP contribution in [0, 0.1) is 17.0 Å². The predicted octanol–water partition coefficient (Wildman–Crippen LogP) is 4.37. The zero-order valence-electron chi connectivity index (χ0n) is 15.6. The minimum Gasteiger partial charge on any atom is -0.452 e. The molecule has 1 N–H and O–H groups in total. The molecule has 146 valence electrons. The second kappa shape index (κ2) is 8.79. The number of nitro groups is 1. The zero-order chi connectivity index (χ0) is 20.8. The van der Waals surface area contributed by atoms with Crippen LogP contribution in [0.25, 0.3) is 11.1 Å². The van der Waals surface area contributed by atoms with Crippen LogP contribution in [0.5, 0.6) is 0 Å². The van der Waals surface area contributed by atoms with Gasteiger partial charge in [0, 0.05) is 12.1 Å². The molecule has 0 saturated carbocycles. The minimum absolute atomic E-state index is 0.138. The number of non-ortho nitro benzene ring substituents is 1. The predicted molar refractivity (Wildman–Crippen MR) is 109 cm³/mol. The van der Waals surface area contributed by atoms with Gasteiger partial charge in [-0.05, 0) is 35.7 Å². The maximum absolute atomic E-state index is 12.2. The smallest absolute Gasteiger partial charge is 0.338 e. The quantitative estimate of drug-likeness (QED) is 0.383. The lowest BCUT2D eigenvalue weighted by molar-refractivity contribution is -0.384. The van der Waals surface area contributed by atoms with E-state index in [0.717, 1.165) is 11.1 Å². The minimum atomic E-state index is -0.629. The van der Waals surface area contributed by atoms with Crippen molar-refractivity contribution in [2.75, 3.05) is 11.9 Å². The van der Waals surface area contributed by atoms with Crippen molar-refractivity contribution in [2.45, 2.75) is 6.92 Å². The number of amides is 1. The number of aryl methyl sites for hydroxylation is 1. The third-order valence-corrected chi connectivity index (χ3v) is 4.27. The molecular weight excluding hydrogens is 372 g/mol. The van der Waals surface area contributed by atoms with E-state index in [9.17, 15) is 19.7 Å². The van der Waals surface area contributed by atoms with Crippen molar-refractivity contribution in [2.24, 2.45) is 0 Å². The molecule has 0 aliphatic rings. The van der Waals surface area contributed by atoms with Crippen LogP contribution in [0.2, 0.25) is 0 Å². The number of carbonyl (C=O) groups is 2. The second-order valence-electron chi connectivity index (χ2n) is 6.32. The van der Waals surface area contributed by atoms with E-state index < -0.39 is 23.4 Å². The van der Waals surface area contributed by atoms with Crippen molar-refractivity contribution in [3.8, 4) is 11.1 Å². The summed E-state index contributed by atoms with van der Waals surface area (Å²) in [6, 6.07) is 20.7. The molecule has 0 aromatic heterocycles. The van der Waals surface area contributed by atoms with Crippen LogP contribution in [0.15, 0.2) is 72.8 Å². The van der Waals surface area contributed by atoms with Gasteiger partial charge in [-0.3, -0.25) is 14.9 Å². The van der Waals surface area contributed by atoms with E-state index in [1.54, 1.807) is 31.2 Å². The normalized spacial score (nSPS) is 10.2. The van der Waals surface area contributed by atoms with Gasteiger partial charge in [-0.2, -0.15) is 0 Å². The van der Waals surface area contributed by atoms with Crippen molar-refractivity contribution in [1.29, 1.82) is 0 Å². The highest BCUT2D eigenvalue weighted by Crippen LogP contribution is 2.22. The number of hydrogen-bond acceptors (Lipinski definition) is 5. The molecule has 0 saturated heterocycles. The number of carbonyl (C=O) groups excluding carboxylic acids is 2.